The predicted molar refractivity (Wildman–Crippen MR) is 72.4 cm³/mol. The summed E-state index contributed by atoms with van der Waals surface area (Å²) in [6, 6.07) is 0.380. The summed E-state index contributed by atoms with van der Waals surface area (Å²) in [5.74, 6) is -0.236. The van der Waals surface area contributed by atoms with Crippen LogP contribution in [0.4, 0.5) is 0 Å². The number of nitrogens with zero attached hydrogens (tertiary/aromatic N) is 3. The molecule has 2 rings (SSSR count). The maximum atomic E-state index is 11.8. The third kappa shape index (κ3) is 4.28. The van der Waals surface area contributed by atoms with E-state index in [1.54, 1.807) is 6.20 Å². The van der Waals surface area contributed by atoms with E-state index in [1.807, 2.05) is 4.68 Å². The maximum absolute atomic E-state index is 11.8. The van der Waals surface area contributed by atoms with Gasteiger partial charge in [-0.25, -0.2) is 4.68 Å². The molecule has 1 aliphatic carbocycles. The minimum Gasteiger partial charge on any atom is -0.394 e. The van der Waals surface area contributed by atoms with Gasteiger partial charge in [0.1, 0.15) is 0 Å². The molecule has 0 aromatic carbocycles. The molecule has 1 heterocycles. The number of amides is 1. The van der Waals surface area contributed by atoms with Gasteiger partial charge in [0.25, 0.3) is 5.91 Å². The molecule has 7 nitrogen and oxygen atoms in total. The van der Waals surface area contributed by atoms with E-state index in [1.165, 1.54) is 19.3 Å². The number of aromatic nitrogens is 3. The van der Waals surface area contributed by atoms with Crippen molar-refractivity contribution in [3.05, 3.63) is 11.9 Å². The van der Waals surface area contributed by atoms with Crippen LogP contribution >= 0.6 is 0 Å². The molecular weight excluding hydrogens is 260 g/mol. The zero-order valence-corrected chi connectivity index (χ0v) is 11.6. The molecule has 0 atom stereocenters. The zero-order chi connectivity index (χ0) is 14.2. The fourth-order valence-corrected chi connectivity index (χ4v) is 2.40. The van der Waals surface area contributed by atoms with Gasteiger partial charge in [-0.15, -0.1) is 5.10 Å². The first-order valence-corrected chi connectivity index (χ1v) is 7.20. The number of carbonyl (C=O) groups excluding carboxylic acids is 1. The Bertz CT molecular complexity index is 416. The Hall–Kier alpha value is -1.47. The highest BCUT2D eigenvalue weighted by molar-refractivity contribution is 5.91. The lowest BCUT2D eigenvalue weighted by molar-refractivity contribution is 0.0835. The summed E-state index contributed by atoms with van der Waals surface area (Å²) in [7, 11) is 0. The molecule has 0 saturated heterocycles. The fraction of sp³-hybridized carbons (Fsp3) is 0.769. The second-order valence-electron chi connectivity index (χ2n) is 4.97. The van der Waals surface area contributed by atoms with Crippen LogP contribution in [0.5, 0.6) is 0 Å². The lowest BCUT2D eigenvalue weighted by atomic mass is 9.96. The first kappa shape index (κ1) is 14.9. The van der Waals surface area contributed by atoms with Gasteiger partial charge in [-0.3, -0.25) is 4.79 Å². The number of rotatable bonds is 7. The smallest absolute Gasteiger partial charge is 0.273 e. The Balaban J connectivity index is 1.77. The number of nitrogens with one attached hydrogen (secondary N) is 1. The zero-order valence-electron chi connectivity index (χ0n) is 11.6. The van der Waals surface area contributed by atoms with Crippen molar-refractivity contribution in [2.75, 3.05) is 26.4 Å². The summed E-state index contributed by atoms with van der Waals surface area (Å²) >= 11 is 0. The average Bonchev–Trinajstić information content (AvgIpc) is 2.98. The van der Waals surface area contributed by atoms with Crippen LogP contribution in [0.1, 0.15) is 48.6 Å². The van der Waals surface area contributed by atoms with Crippen LogP contribution in [0.3, 0.4) is 0 Å². The molecule has 1 aliphatic rings. The van der Waals surface area contributed by atoms with Gasteiger partial charge in [-0.1, -0.05) is 24.5 Å². The van der Waals surface area contributed by atoms with Crippen LogP contribution in [-0.4, -0.2) is 52.4 Å². The topological polar surface area (TPSA) is 89.3 Å². The van der Waals surface area contributed by atoms with Crippen LogP contribution in [-0.2, 0) is 4.74 Å². The van der Waals surface area contributed by atoms with E-state index >= 15 is 0 Å². The molecule has 1 aromatic heterocycles. The number of aliphatic hydroxyl groups is 1. The van der Waals surface area contributed by atoms with Crippen LogP contribution < -0.4 is 5.32 Å². The molecule has 112 valence electrons. The van der Waals surface area contributed by atoms with E-state index in [9.17, 15) is 4.79 Å². The molecule has 1 fully saturated rings. The minimum atomic E-state index is -0.236. The van der Waals surface area contributed by atoms with Gasteiger partial charge in [0.05, 0.1) is 32.1 Å². The van der Waals surface area contributed by atoms with Crippen molar-refractivity contribution in [2.45, 2.75) is 38.1 Å². The summed E-state index contributed by atoms with van der Waals surface area (Å²) in [6.07, 6.45) is 7.66. The summed E-state index contributed by atoms with van der Waals surface area (Å²) in [5, 5.41) is 19.2. The number of aliphatic hydroxyl groups excluding tert-OH is 1. The van der Waals surface area contributed by atoms with Gasteiger partial charge in [-0.05, 0) is 12.8 Å². The van der Waals surface area contributed by atoms with E-state index in [2.05, 4.69) is 15.6 Å². The third-order valence-electron chi connectivity index (χ3n) is 3.46. The van der Waals surface area contributed by atoms with Gasteiger partial charge >= 0.3 is 0 Å². The number of ether oxygens (including phenoxy) is 1. The summed E-state index contributed by atoms with van der Waals surface area (Å²) < 4.78 is 6.88. The van der Waals surface area contributed by atoms with Gasteiger partial charge in [-0.2, -0.15) is 0 Å². The van der Waals surface area contributed by atoms with Crippen molar-refractivity contribution in [1.29, 1.82) is 0 Å². The molecule has 0 unspecified atom stereocenters. The van der Waals surface area contributed by atoms with E-state index < -0.39 is 0 Å². The molecule has 7 heteroatoms. The molecule has 20 heavy (non-hydrogen) atoms. The van der Waals surface area contributed by atoms with E-state index in [0.717, 1.165) is 12.8 Å². The number of hydrogen-bond donors (Lipinski definition) is 2. The standard InChI is InChI=1S/C13H22N4O3/c18-7-9-20-8-6-14-13(19)12-10-17(16-15-12)11-4-2-1-3-5-11/h10-11,18H,1-9H2,(H,14,19). The quantitative estimate of drug-likeness (QED) is 0.712. The Morgan fingerprint density at radius 2 is 2.20 bits per heavy atom. The van der Waals surface area contributed by atoms with Crippen LogP contribution in [0, 0.1) is 0 Å². The highest BCUT2D eigenvalue weighted by Gasteiger charge is 2.18. The van der Waals surface area contributed by atoms with Crippen molar-refractivity contribution in [1.82, 2.24) is 20.3 Å². The third-order valence-corrected chi connectivity index (χ3v) is 3.46. The second-order valence-corrected chi connectivity index (χ2v) is 4.97. The SMILES string of the molecule is O=C(NCCOCCO)c1cn(C2CCCCC2)nn1. The highest BCUT2D eigenvalue weighted by atomic mass is 16.5. The minimum absolute atomic E-state index is 0.0103. The normalized spacial score (nSPS) is 16.2. The summed E-state index contributed by atoms with van der Waals surface area (Å²) in [4.78, 5) is 11.8. The molecule has 1 amide bonds. The van der Waals surface area contributed by atoms with E-state index in [-0.39, 0.29) is 19.1 Å². The Labute approximate surface area is 118 Å². The fourth-order valence-electron chi connectivity index (χ4n) is 2.40. The maximum Gasteiger partial charge on any atom is 0.273 e. The van der Waals surface area contributed by atoms with E-state index in [4.69, 9.17) is 9.84 Å². The molecule has 0 bridgehead atoms. The van der Waals surface area contributed by atoms with Crippen molar-refractivity contribution in [3.63, 3.8) is 0 Å². The lowest BCUT2D eigenvalue weighted by Gasteiger charge is -2.20. The summed E-state index contributed by atoms with van der Waals surface area (Å²) in [5.41, 5.74) is 0.345. The monoisotopic (exact) mass is 282 g/mol. The average molecular weight is 282 g/mol. The Morgan fingerprint density at radius 1 is 1.40 bits per heavy atom. The molecule has 0 spiro atoms. The van der Waals surface area contributed by atoms with Gasteiger partial charge < -0.3 is 15.2 Å². The number of carbonyl (C=O) groups is 1. The second kappa shape index (κ2) is 7.96. The Morgan fingerprint density at radius 3 is 2.95 bits per heavy atom. The molecule has 1 saturated carbocycles. The highest BCUT2D eigenvalue weighted by Crippen LogP contribution is 2.27. The van der Waals surface area contributed by atoms with Crippen molar-refractivity contribution < 1.29 is 14.6 Å². The summed E-state index contributed by atoms with van der Waals surface area (Å²) in [6.45, 7) is 1.05. The van der Waals surface area contributed by atoms with Crippen molar-refractivity contribution >= 4 is 5.91 Å². The lowest BCUT2D eigenvalue weighted by Crippen LogP contribution is -2.27. The van der Waals surface area contributed by atoms with E-state index in [0.29, 0.717) is 24.9 Å². The van der Waals surface area contributed by atoms with Gasteiger partial charge in [0.2, 0.25) is 0 Å². The van der Waals surface area contributed by atoms with Gasteiger partial charge in [0, 0.05) is 6.54 Å². The molecule has 2 N–H and O–H groups in total. The van der Waals surface area contributed by atoms with Crippen molar-refractivity contribution in [2.24, 2.45) is 0 Å². The van der Waals surface area contributed by atoms with Crippen LogP contribution in [0.25, 0.3) is 0 Å². The predicted octanol–water partition coefficient (Wildman–Crippen LogP) is 0.522. The molecular formula is C13H22N4O3. The first-order chi connectivity index (χ1) is 9.81. The van der Waals surface area contributed by atoms with Gasteiger partial charge in [0.15, 0.2) is 5.69 Å². The molecule has 0 radical (unpaired) electrons. The molecule has 0 aliphatic heterocycles. The molecule has 1 aromatic rings. The van der Waals surface area contributed by atoms with Crippen molar-refractivity contribution in [3.8, 4) is 0 Å². The first-order valence-electron chi connectivity index (χ1n) is 7.20. The largest absolute Gasteiger partial charge is 0.394 e. The van der Waals surface area contributed by atoms with Crippen LogP contribution in [0.2, 0.25) is 0 Å². The number of hydrogen-bond acceptors (Lipinski definition) is 5. The van der Waals surface area contributed by atoms with Crippen LogP contribution in [0.15, 0.2) is 6.20 Å². The Kier molecular flexibility index (Phi) is 5.94.